The fraction of sp³-hybridized carbons (Fsp3) is 0.346. The molecule has 0 spiro atoms. The molecule has 2 aromatic carbocycles. The summed E-state index contributed by atoms with van der Waals surface area (Å²) in [6.07, 6.45) is 2.20. The maximum absolute atomic E-state index is 12.0. The molecule has 0 aliphatic carbocycles. The van der Waals surface area contributed by atoms with Gasteiger partial charge in [-0.2, -0.15) is 9.97 Å². The van der Waals surface area contributed by atoms with E-state index in [1.165, 1.54) is 11.5 Å². The molecule has 8 heteroatoms. The number of benzene rings is 2. The highest BCUT2D eigenvalue weighted by molar-refractivity contribution is 5.96. The second-order valence-electron chi connectivity index (χ2n) is 8.51. The fourth-order valence-corrected chi connectivity index (χ4v) is 4.86. The number of fused-ring (bicyclic) bond motifs is 2. The van der Waals surface area contributed by atoms with Gasteiger partial charge in [0.05, 0.1) is 26.5 Å². The number of carbonyl (C=O) groups is 1. The molecule has 0 unspecified atom stereocenters. The molecule has 0 N–H and O–H groups in total. The van der Waals surface area contributed by atoms with Crippen molar-refractivity contribution in [2.75, 3.05) is 56.7 Å². The summed E-state index contributed by atoms with van der Waals surface area (Å²) in [5, 5.41) is 2.34. The highest BCUT2D eigenvalue weighted by Gasteiger charge is 2.29. The van der Waals surface area contributed by atoms with Gasteiger partial charge < -0.3 is 24.2 Å². The van der Waals surface area contributed by atoms with E-state index in [0.717, 1.165) is 60.0 Å². The molecule has 0 radical (unpaired) electrons. The number of ether oxygens (including phenoxy) is 2. The number of carbonyl (C=O) groups excluding carboxylic acids is 1. The Balaban J connectivity index is 1.47. The SMILES string of the molecule is C=CC(=O)N1CCN(c2nc(OC)nc3c2CCN(c2cc(OC)cc4ccccc24)C3)CC1. The molecule has 3 heterocycles. The van der Waals surface area contributed by atoms with Crippen molar-refractivity contribution in [3.05, 3.63) is 60.3 Å². The van der Waals surface area contributed by atoms with E-state index in [-0.39, 0.29) is 5.91 Å². The lowest BCUT2D eigenvalue weighted by Gasteiger charge is -2.38. The van der Waals surface area contributed by atoms with Gasteiger partial charge in [0.1, 0.15) is 11.6 Å². The summed E-state index contributed by atoms with van der Waals surface area (Å²) < 4.78 is 11.0. The summed E-state index contributed by atoms with van der Waals surface area (Å²) in [6, 6.07) is 12.9. The molecule has 2 aliphatic heterocycles. The third kappa shape index (κ3) is 4.00. The Hall–Kier alpha value is -3.81. The minimum atomic E-state index is -0.0249. The number of nitrogens with zero attached hydrogens (tertiary/aromatic N) is 5. The number of methoxy groups -OCH3 is 2. The van der Waals surface area contributed by atoms with Crippen molar-refractivity contribution in [1.82, 2.24) is 14.9 Å². The number of anilines is 2. The Labute approximate surface area is 199 Å². The van der Waals surface area contributed by atoms with Crippen LogP contribution in [-0.2, 0) is 17.8 Å². The van der Waals surface area contributed by atoms with Gasteiger partial charge in [-0.25, -0.2) is 0 Å². The van der Waals surface area contributed by atoms with E-state index in [9.17, 15) is 4.79 Å². The molecule has 1 saturated heterocycles. The van der Waals surface area contributed by atoms with Crippen LogP contribution < -0.4 is 19.3 Å². The Kier molecular flexibility index (Phi) is 5.96. The molecular formula is C26H29N5O3. The zero-order valence-corrected chi connectivity index (χ0v) is 19.7. The van der Waals surface area contributed by atoms with Crippen LogP contribution >= 0.6 is 0 Å². The van der Waals surface area contributed by atoms with E-state index >= 15 is 0 Å². The van der Waals surface area contributed by atoms with E-state index < -0.39 is 0 Å². The topological polar surface area (TPSA) is 71.0 Å². The lowest BCUT2D eigenvalue weighted by atomic mass is 10.0. The van der Waals surface area contributed by atoms with Crippen LogP contribution in [0.4, 0.5) is 11.5 Å². The average molecular weight is 460 g/mol. The first-order valence-corrected chi connectivity index (χ1v) is 11.5. The third-order valence-corrected chi connectivity index (χ3v) is 6.66. The van der Waals surface area contributed by atoms with E-state index in [0.29, 0.717) is 25.6 Å². The predicted molar refractivity (Wildman–Crippen MR) is 133 cm³/mol. The van der Waals surface area contributed by atoms with Gasteiger partial charge in [0.15, 0.2) is 0 Å². The first-order valence-electron chi connectivity index (χ1n) is 11.5. The number of piperazine rings is 1. The fourth-order valence-electron chi connectivity index (χ4n) is 4.86. The summed E-state index contributed by atoms with van der Waals surface area (Å²) in [6.45, 7) is 7.84. The van der Waals surface area contributed by atoms with Crippen molar-refractivity contribution in [2.24, 2.45) is 0 Å². The van der Waals surface area contributed by atoms with Crippen molar-refractivity contribution < 1.29 is 14.3 Å². The average Bonchev–Trinajstić information content (AvgIpc) is 2.91. The van der Waals surface area contributed by atoms with Gasteiger partial charge >= 0.3 is 6.01 Å². The molecule has 1 amide bonds. The molecule has 1 aromatic heterocycles. The van der Waals surface area contributed by atoms with Crippen molar-refractivity contribution in [1.29, 1.82) is 0 Å². The molecule has 176 valence electrons. The first kappa shape index (κ1) is 22.0. The maximum Gasteiger partial charge on any atom is 0.318 e. The maximum atomic E-state index is 12.0. The van der Waals surface area contributed by atoms with Crippen molar-refractivity contribution in [2.45, 2.75) is 13.0 Å². The van der Waals surface area contributed by atoms with Gasteiger partial charge in [0.2, 0.25) is 5.91 Å². The molecule has 5 rings (SSSR count). The molecule has 0 atom stereocenters. The summed E-state index contributed by atoms with van der Waals surface area (Å²) in [5.74, 6) is 1.73. The minimum Gasteiger partial charge on any atom is -0.497 e. The Morgan fingerprint density at radius 1 is 1.00 bits per heavy atom. The molecule has 0 saturated carbocycles. The van der Waals surface area contributed by atoms with Gasteiger partial charge in [0, 0.05) is 55.4 Å². The number of rotatable bonds is 5. The summed E-state index contributed by atoms with van der Waals surface area (Å²) in [5.41, 5.74) is 3.27. The van der Waals surface area contributed by atoms with Crippen molar-refractivity contribution in [3.63, 3.8) is 0 Å². The number of hydrogen-bond acceptors (Lipinski definition) is 7. The Morgan fingerprint density at radius 3 is 2.53 bits per heavy atom. The van der Waals surface area contributed by atoms with Gasteiger partial charge in [-0.3, -0.25) is 4.79 Å². The molecule has 1 fully saturated rings. The lowest BCUT2D eigenvalue weighted by molar-refractivity contribution is -0.126. The van der Waals surface area contributed by atoms with Crippen LogP contribution in [0.1, 0.15) is 11.3 Å². The van der Waals surface area contributed by atoms with Gasteiger partial charge in [-0.15, -0.1) is 0 Å². The quantitative estimate of drug-likeness (QED) is 0.543. The molecular weight excluding hydrogens is 430 g/mol. The van der Waals surface area contributed by atoms with E-state index in [1.54, 1.807) is 14.2 Å². The number of aromatic nitrogens is 2. The van der Waals surface area contributed by atoms with Crippen LogP contribution in [-0.4, -0.2) is 67.7 Å². The van der Waals surface area contributed by atoms with Gasteiger partial charge in [-0.05, 0) is 23.9 Å². The third-order valence-electron chi connectivity index (χ3n) is 6.66. The van der Waals surface area contributed by atoms with Crippen LogP contribution in [0, 0.1) is 0 Å². The minimum absolute atomic E-state index is 0.0249. The number of amides is 1. The zero-order valence-electron chi connectivity index (χ0n) is 19.7. The van der Waals surface area contributed by atoms with Crippen LogP contribution in [0.2, 0.25) is 0 Å². The molecule has 8 nitrogen and oxygen atoms in total. The highest BCUT2D eigenvalue weighted by Crippen LogP contribution is 2.36. The summed E-state index contributed by atoms with van der Waals surface area (Å²) >= 11 is 0. The normalized spacial score (nSPS) is 15.8. The van der Waals surface area contributed by atoms with Crippen LogP contribution in [0.5, 0.6) is 11.8 Å². The monoisotopic (exact) mass is 459 g/mol. The standard InChI is InChI=1S/C26H29N5O3/c1-4-24(32)29-11-13-30(14-12-29)25-21-9-10-31(17-22(21)27-26(28-25)34-3)23-16-19(33-2)15-18-7-5-6-8-20(18)23/h4-8,15-16H,1,9-14,17H2,2-3H3. The molecule has 3 aromatic rings. The summed E-state index contributed by atoms with van der Waals surface area (Å²) in [4.78, 5) is 27.9. The second-order valence-corrected chi connectivity index (χ2v) is 8.51. The van der Waals surface area contributed by atoms with Crippen LogP contribution in [0.15, 0.2) is 49.1 Å². The summed E-state index contributed by atoms with van der Waals surface area (Å²) in [7, 11) is 3.30. The Morgan fingerprint density at radius 2 is 1.79 bits per heavy atom. The Bertz CT molecular complexity index is 1240. The van der Waals surface area contributed by atoms with E-state index in [1.807, 2.05) is 11.0 Å². The van der Waals surface area contributed by atoms with E-state index in [2.05, 4.69) is 46.7 Å². The van der Waals surface area contributed by atoms with Gasteiger partial charge in [-0.1, -0.05) is 30.8 Å². The predicted octanol–water partition coefficient (Wildman–Crippen LogP) is 3.04. The largest absolute Gasteiger partial charge is 0.497 e. The zero-order chi connectivity index (χ0) is 23.7. The smallest absolute Gasteiger partial charge is 0.318 e. The van der Waals surface area contributed by atoms with Crippen LogP contribution in [0.25, 0.3) is 10.8 Å². The van der Waals surface area contributed by atoms with Crippen molar-refractivity contribution >= 4 is 28.2 Å². The lowest BCUT2D eigenvalue weighted by Crippen LogP contribution is -2.49. The van der Waals surface area contributed by atoms with Crippen LogP contribution in [0.3, 0.4) is 0 Å². The molecule has 2 aliphatic rings. The van der Waals surface area contributed by atoms with Gasteiger partial charge in [0.25, 0.3) is 0 Å². The van der Waals surface area contributed by atoms with Crippen molar-refractivity contribution in [3.8, 4) is 11.8 Å². The second kappa shape index (κ2) is 9.21. The molecule has 0 bridgehead atoms. The number of hydrogen-bond donors (Lipinski definition) is 0. The highest BCUT2D eigenvalue weighted by atomic mass is 16.5. The molecule has 34 heavy (non-hydrogen) atoms. The first-order chi connectivity index (χ1) is 16.6. The van der Waals surface area contributed by atoms with E-state index in [4.69, 9.17) is 19.4 Å².